The van der Waals surface area contributed by atoms with Crippen LogP contribution in [-0.2, 0) is 0 Å². The maximum absolute atomic E-state index is 6.27. The number of benzene rings is 2. The minimum absolute atomic E-state index is 0.393. The first kappa shape index (κ1) is 18.7. The monoisotopic (exact) mass is 376 g/mol. The minimum Gasteiger partial charge on any atom is -0.308 e. The summed E-state index contributed by atoms with van der Waals surface area (Å²) in [6, 6.07) is 15.4. The van der Waals surface area contributed by atoms with Crippen LogP contribution in [0.3, 0.4) is 0 Å². The van der Waals surface area contributed by atoms with Gasteiger partial charge in [-0.2, -0.15) is 0 Å². The Kier molecular flexibility index (Phi) is 6.06. The molecule has 0 unspecified atom stereocenters. The van der Waals surface area contributed by atoms with Gasteiger partial charge in [0.15, 0.2) is 0 Å². The zero-order valence-corrected chi connectivity index (χ0v) is 16.7. The first-order valence-corrected chi connectivity index (χ1v) is 9.61. The summed E-state index contributed by atoms with van der Waals surface area (Å²) in [7, 11) is 6.50. The van der Waals surface area contributed by atoms with E-state index in [4.69, 9.17) is 23.2 Å². The predicted molar refractivity (Wildman–Crippen MR) is 108 cm³/mol. The van der Waals surface area contributed by atoms with E-state index >= 15 is 0 Å². The number of hydrogen-bond acceptors (Lipinski definition) is 2. The standard InChI is InChI=1S/C21H26Cl2N2/c1-24(2)12-13-25(3)21-11-9-16(17-6-4-5-7-18(17)21)15-8-10-19(22)20(23)14-15/h4-8,10,14,16,21H,9,11-13H2,1-3H3/t16-,21-/m0/s1. The molecule has 1 aliphatic rings. The Hall–Kier alpha value is -1.06. The maximum atomic E-state index is 6.27. The highest BCUT2D eigenvalue weighted by atomic mass is 35.5. The number of nitrogens with zero attached hydrogens (tertiary/aromatic N) is 2. The quantitative estimate of drug-likeness (QED) is 0.683. The van der Waals surface area contributed by atoms with E-state index in [0.717, 1.165) is 25.9 Å². The van der Waals surface area contributed by atoms with Gasteiger partial charge in [-0.05, 0) is 62.8 Å². The highest BCUT2D eigenvalue weighted by Gasteiger charge is 2.30. The molecule has 3 rings (SSSR count). The van der Waals surface area contributed by atoms with Crippen molar-refractivity contribution < 1.29 is 0 Å². The molecule has 0 saturated heterocycles. The van der Waals surface area contributed by atoms with Crippen molar-refractivity contribution in [1.82, 2.24) is 9.80 Å². The van der Waals surface area contributed by atoms with Gasteiger partial charge < -0.3 is 4.90 Å². The third-order valence-corrected chi connectivity index (χ3v) is 5.98. The van der Waals surface area contributed by atoms with Gasteiger partial charge in [0.2, 0.25) is 0 Å². The number of likely N-dealkylation sites (N-methyl/N-ethyl adjacent to an activating group) is 2. The normalized spacial score (nSPS) is 20.1. The summed E-state index contributed by atoms with van der Waals surface area (Å²) >= 11 is 12.4. The molecular weight excluding hydrogens is 351 g/mol. The molecule has 2 aromatic carbocycles. The summed E-state index contributed by atoms with van der Waals surface area (Å²) in [5.41, 5.74) is 4.14. The number of halogens is 2. The third-order valence-electron chi connectivity index (χ3n) is 5.24. The average Bonchev–Trinajstić information content (AvgIpc) is 2.61. The largest absolute Gasteiger partial charge is 0.308 e. The van der Waals surface area contributed by atoms with Crippen molar-refractivity contribution in [3.8, 4) is 0 Å². The second-order valence-electron chi connectivity index (χ2n) is 7.23. The van der Waals surface area contributed by atoms with E-state index in [1.165, 1.54) is 16.7 Å². The molecule has 2 nitrogen and oxygen atoms in total. The maximum Gasteiger partial charge on any atom is 0.0595 e. The van der Waals surface area contributed by atoms with Crippen molar-refractivity contribution in [1.29, 1.82) is 0 Å². The first-order chi connectivity index (χ1) is 12.0. The second-order valence-corrected chi connectivity index (χ2v) is 8.05. The molecular formula is C21H26Cl2N2. The van der Waals surface area contributed by atoms with Crippen LogP contribution in [0.4, 0.5) is 0 Å². The Morgan fingerprint density at radius 3 is 2.28 bits per heavy atom. The number of fused-ring (bicyclic) bond motifs is 1. The Bertz CT molecular complexity index is 730. The van der Waals surface area contributed by atoms with Crippen LogP contribution in [-0.4, -0.2) is 44.0 Å². The van der Waals surface area contributed by atoms with E-state index in [-0.39, 0.29) is 0 Å². The summed E-state index contributed by atoms with van der Waals surface area (Å²) in [5.74, 6) is 0.393. The molecule has 0 saturated carbocycles. The van der Waals surface area contributed by atoms with Gasteiger partial charge in [0.1, 0.15) is 0 Å². The average molecular weight is 377 g/mol. The van der Waals surface area contributed by atoms with E-state index in [2.05, 4.69) is 61.3 Å². The molecule has 25 heavy (non-hydrogen) atoms. The lowest BCUT2D eigenvalue weighted by molar-refractivity contribution is 0.197. The fourth-order valence-corrected chi connectivity index (χ4v) is 4.12. The van der Waals surface area contributed by atoms with E-state index < -0.39 is 0 Å². The van der Waals surface area contributed by atoms with Crippen molar-refractivity contribution in [2.24, 2.45) is 0 Å². The topological polar surface area (TPSA) is 6.48 Å². The van der Waals surface area contributed by atoms with Crippen molar-refractivity contribution >= 4 is 23.2 Å². The van der Waals surface area contributed by atoms with Gasteiger partial charge in [-0.3, -0.25) is 4.90 Å². The molecule has 0 fully saturated rings. The molecule has 0 aromatic heterocycles. The Morgan fingerprint density at radius 2 is 1.60 bits per heavy atom. The Morgan fingerprint density at radius 1 is 0.880 bits per heavy atom. The fraction of sp³-hybridized carbons (Fsp3) is 0.429. The molecule has 4 heteroatoms. The van der Waals surface area contributed by atoms with Crippen LogP contribution >= 0.6 is 23.2 Å². The van der Waals surface area contributed by atoms with E-state index in [1.54, 1.807) is 0 Å². The summed E-state index contributed by atoms with van der Waals surface area (Å²) in [6.45, 7) is 2.15. The highest BCUT2D eigenvalue weighted by molar-refractivity contribution is 6.42. The molecule has 0 radical (unpaired) electrons. The van der Waals surface area contributed by atoms with Crippen LogP contribution in [0.15, 0.2) is 42.5 Å². The van der Waals surface area contributed by atoms with Crippen LogP contribution < -0.4 is 0 Å². The molecule has 0 bridgehead atoms. The molecule has 1 aliphatic carbocycles. The van der Waals surface area contributed by atoms with E-state index in [0.29, 0.717) is 22.0 Å². The molecule has 0 spiro atoms. The molecule has 134 valence electrons. The van der Waals surface area contributed by atoms with Gasteiger partial charge in [0, 0.05) is 25.0 Å². The zero-order chi connectivity index (χ0) is 18.0. The molecule has 0 aliphatic heterocycles. The number of hydrogen-bond donors (Lipinski definition) is 0. The molecule has 0 amide bonds. The van der Waals surface area contributed by atoms with Crippen LogP contribution in [0.5, 0.6) is 0 Å². The summed E-state index contributed by atoms with van der Waals surface area (Å²) < 4.78 is 0. The van der Waals surface area contributed by atoms with Gasteiger partial charge in [-0.15, -0.1) is 0 Å². The minimum atomic E-state index is 0.393. The second kappa shape index (κ2) is 8.09. The van der Waals surface area contributed by atoms with Crippen molar-refractivity contribution in [2.45, 2.75) is 24.8 Å². The third kappa shape index (κ3) is 4.20. The molecule has 0 heterocycles. The summed E-state index contributed by atoms with van der Waals surface area (Å²) in [6.07, 6.45) is 2.29. The van der Waals surface area contributed by atoms with Gasteiger partial charge in [-0.1, -0.05) is 53.5 Å². The lowest BCUT2D eigenvalue weighted by Crippen LogP contribution is -2.34. The van der Waals surface area contributed by atoms with Crippen molar-refractivity contribution in [3.05, 3.63) is 69.2 Å². The van der Waals surface area contributed by atoms with Gasteiger partial charge in [0.25, 0.3) is 0 Å². The molecule has 2 aromatic rings. The Balaban J connectivity index is 1.89. The van der Waals surface area contributed by atoms with Gasteiger partial charge in [-0.25, -0.2) is 0 Å². The lowest BCUT2D eigenvalue weighted by Gasteiger charge is -2.37. The lowest BCUT2D eigenvalue weighted by atomic mass is 9.76. The number of rotatable bonds is 5. The zero-order valence-electron chi connectivity index (χ0n) is 15.2. The summed E-state index contributed by atoms with van der Waals surface area (Å²) in [5, 5.41) is 1.26. The highest BCUT2D eigenvalue weighted by Crippen LogP contribution is 2.44. The first-order valence-electron chi connectivity index (χ1n) is 8.86. The summed E-state index contributed by atoms with van der Waals surface area (Å²) in [4.78, 5) is 4.73. The van der Waals surface area contributed by atoms with Crippen LogP contribution in [0.2, 0.25) is 10.0 Å². The van der Waals surface area contributed by atoms with Gasteiger partial charge >= 0.3 is 0 Å². The SMILES string of the molecule is CN(C)CCN(C)[C@H]1CC[C@@H](c2ccc(Cl)c(Cl)c2)c2ccccc21. The van der Waals surface area contributed by atoms with E-state index in [1.807, 2.05) is 12.1 Å². The molecule has 2 atom stereocenters. The van der Waals surface area contributed by atoms with Crippen molar-refractivity contribution in [2.75, 3.05) is 34.2 Å². The Labute approximate surface area is 161 Å². The van der Waals surface area contributed by atoms with Crippen LogP contribution in [0, 0.1) is 0 Å². The van der Waals surface area contributed by atoms with Crippen molar-refractivity contribution in [3.63, 3.8) is 0 Å². The van der Waals surface area contributed by atoms with Crippen LogP contribution in [0.1, 0.15) is 41.5 Å². The van der Waals surface area contributed by atoms with E-state index in [9.17, 15) is 0 Å². The predicted octanol–water partition coefficient (Wildman–Crippen LogP) is 5.45. The van der Waals surface area contributed by atoms with Crippen LogP contribution in [0.25, 0.3) is 0 Å². The smallest absolute Gasteiger partial charge is 0.0595 e. The molecule has 0 N–H and O–H groups in total. The fourth-order valence-electron chi connectivity index (χ4n) is 3.81. The van der Waals surface area contributed by atoms with Gasteiger partial charge in [0.05, 0.1) is 10.0 Å².